The van der Waals surface area contributed by atoms with Gasteiger partial charge in [-0.1, -0.05) is 18.2 Å². The van der Waals surface area contributed by atoms with E-state index in [2.05, 4.69) is 9.97 Å². The second-order valence-corrected chi connectivity index (χ2v) is 4.26. The van der Waals surface area contributed by atoms with Gasteiger partial charge in [-0.25, -0.2) is 9.78 Å². The first-order chi connectivity index (χ1) is 9.16. The Kier molecular flexibility index (Phi) is 2.68. The molecule has 0 aliphatic heterocycles. The molecule has 0 aliphatic carbocycles. The van der Waals surface area contributed by atoms with E-state index in [1.54, 1.807) is 22.8 Å². The number of carbonyl (C=O) groups is 1. The van der Waals surface area contributed by atoms with Crippen molar-refractivity contribution in [2.75, 3.05) is 0 Å². The largest absolute Gasteiger partial charge is 0.478 e. The van der Waals surface area contributed by atoms with E-state index in [1.165, 1.54) is 12.4 Å². The van der Waals surface area contributed by atoms with Crippen LogP contribution in [-0.4, -0.2) is 25.6 Å². The molecule has 94 valence electrons. The molecule has 2 heterocycles. The first-order valence-corrected chi connectivity index (χ1v) is 5.87. The summed E-state index contributed by atoms with van der Waals surface area (Å²) in [6.07, 6.45) is 3.06. The monoisotopic (exact) mass is 273 g/mol. The molecule has 6 heteroatoms. The van der Waals surface area contributed by atoms with Gasteiger partial charge in [0.15, 0.2) is 0 Å². The fourth-order valence-electron chi connectivity index (χ4n) is 2.00. The van der Waals surface area contributed by atoms with Crippen LogP contribution < -0.4 is 0 Å². The van der Waals surface area contributed by atoms with Crippen LogP contribution in [-0.2, 0) is 0 Å². The Balaban J connectivity index is 2.33. The van der Waals surface area contributed by atoms with E-state index in [0.29, 0.717) is 11.2 Å². The molecular weight excluding hydrogens is 266 g/mol. The van der Waals surface area contributed by atoms with Crippen molar-refractivity contribution in [1.82, 2.24) is 14.5 Å². The van der Waals surface area contributed by atoms with Crippen LogP contribution in [0.15, 0.2) is 42.7 Å². The highest BCUT2D eigenvalue weighted by molar-refractivity contribution is 6.28. The topological polar surface area (TPSA) is 68.0 Å². The highest BCUT2D eigenvalue weighted by Gasteiger charge is 2.15. The van der Waals surface area contributed by atoms with Crippen molar-refractivity contribution in [2.24, 2.45) is 0 Å². The molecule has 0 atom stereocenters. The van der Waals surface area contributed by atoms with Gasteiger partial charge in [-0.05, 0) is 23.7 Å². The average Bonchev–Trinajstić information content (AvgIpc) is 2.78. The van der Waals surface area contributed by atoms with E-state index in [-0.39, 0.29) is 10.8 Å². The molecule has 0 saturated carbocycles. The zero-order chi connectivity index (χ0) is 13.4. The average molecular weight is 274 g/mol. The summed E-state index contributed by atoms with van der Waals surface area (Å²) >= 11 is 5.76. The van der Waals surface area contributed by atoms with Gasteiger partial charge in [-0.3, -0.25) is 0 Å². The summed E-state index contributed by atoms with van der Waals surface area (Å²) in [7, 11) is 0. The lowest BCUT2D eigenvalue weighted by molar-refractivity contribution is 0.0699. The van der Waals surface area contributed by atoms with Crippen LogP contribution in [0.4, 0.5) is 0 Å². The Bertz CT molecular complexity index is 782. The van der Waals surface area contributed by atoms with Gasteiger partial charge in [0, 0.05) is 17.8 Å². The second-order valence-electron chi connectivity index (χ2n) is 3.92. The summed E-state index contributed by atoms with van der Waals surface area (Å²) in [6.45, 7) is 0. The molecule has 5 nitrogen and oxygen atoms in total. The first kappa shape index (κ1) is 11.7. The molecule has 1 aromatic carbocycles. The number of carboxylic acid groups (broad SMARTS) is 1. The molecule has 0 unspecified atom stereocenters. The maximum absolute atomic E-state index is 11.3. The van der Waals surface area contributed by atoms with Crippen molar-refractivity contribution >= 4 is 28.5 Å². The molecule has 0 saturated heterocycles. The van der Waals surface area contributed by atoms with Gasteiger partial charge in [0.2, 0.25) is 5.28 Å². The predicted octanol–water partition coefficient (Wildman–Crippen LogP) is 2.77. The number of hydrogen-bond donors (Lipinski definition) is 1. The van der Waals surface area contributed by atoms with Gasteiger partial charge in [-0.15, -0.1) is 0 Å². The summed E-state index contributed by atoms with van der Waals surface area (Å²) in [5.41, 5.74) is 0.986. The van der Waals surface area contributed by atoms with Crippen LogP contribution in [0.3, 0.4) is 0 Å². The highest BCUT2D eigenvalue weighted by atomic mass is 35.5. The van der Waals surface area contributed by atoms with Crippen LogP contribution in [0, 0.1) is 0 Å². The number of aromatic nitrogens is 3. The van der Waals surface area contributed by atoms with Crippen LogP contribution >= 0.6 is 11.6 Å². The molecular formula is C13H8ClN3O2. The molecule has 0 spiro atoms. The zero-order valence-electron chi connectivity index (χ0n) is 9.62. The normalized spacial score (nSPS) is 10.8. The van der Waals surface area contributed by atoms with Gasteiger partial charge in [0.25, 0.3) is 0 Å². The molecule has 3 rings (SSSR count). The molecule has 2 aromatic heterocycles. The lowest BCUT2D eigenvalue weighted by Crippen LogP contribution is -1.97. The van der Waals surface area contributed by atoms with E-state index < -0.39 is 5.97 Å². The van der Waals surface area contributed by atoms with Crippen LogP contribution in [0.5, 0.6) is 0 Å². The van der Waals surface area contributed by atoms with Crippen molar-refractivity contribution in [1.29, 1.82) is 0 Å². The number of benzene rings is 1. The van der Waals surface area contributed by atoms with Crippen molar-refractivity contribution in [2.45, 2.75) is 0 Å². The number of fused-ring (bicyclic) bond motifs is 1. The maximum Gasteiger partial charge on any atom is 0.337 e. The SMILES string of the molecule is O=C(O)c1cn(-c2ccnc(Cl)n2)c2ccccc12. The molecule has 0 bridgehead atoms. The minimum absolute atomic E-state index is 0.118. The number of rotatable bonds is 2. The molecule has 0 amide bonds. The summed E-state index contributed by atoms with van der Waals surface area (Å²) in [5.74, 6) is -0.446. The lowest BCUT2D eigenvalue weighted by atomic mass is 10.2. The Hall–Kier alpha value is -2.40. The van der Waals surface area contributed by atoms with E-state index in [4.69, 9.17) is 11.6 Å². The van der Waals surface area contributed by atoms with E-state index in [0.717, 1.165) is 5.52 Å². The van der Waals surface area contributed by atoms with Gasteiger partial charge in [0.1, 0.15) is 5.82 Å². The Morgan fingerprint density at radius 3 is 2.79 bits per heavy atom. The van der Waals surface area contributed by atoms with Crippen molar-refractivity contribution in [3.63, 3.8) is 0 Å². The van der Waals surface area contributed by atoms with Crippen LogP contribution in [0.25, 0.3) is 16.7 Å². The van der Waals surface area contributed by atoms with Crippen LogP contribution in [0.2, 0.25) is 5.28 Å². The Morgan fingerprint density at radius 2 is 2.05 bits per heavy atom. The predicted molar refractivity (Wildman–Crippen MR) is 70.8 cm³/mol. The minimum Gasteiger partial charge on any atom is -0.478 e. The third kappa shape index (κ3) is 1.94. The third-order valence-corrected chi connectivity index (χ3v) is 2.98. The van der Waals surface area contributed by atoms with Gasteiger partial charge in [-0.2, -0.15) is 4.98 Å². The summed E-state index contributed by atoms with van der Waals surface area (Å²) in [5, 5.41) is 10.0. The standard InChI is InChI=1S/C13H8ClN3O2/c14-13-15-6-5-11(16-13)17-7-9(12(18)19)8-3-1-2-4-10(8)17/h1-7H,(H,18,19). The number of hydrogen-bond acceptors (Lipinski definition) is 3. The smallest absolute Gasteiger partial charge is 0.337 e. The van der Waals surface area contributed by atoms with Crippen molar-refractivity contribution in [3.8, 4) is 5.82 Å². The molecule has 0 aliphatic rings. The third-order valence-electron chi connectivity index (χ3n) is 2.80. The summed E-state index contributed by atoms with van der Waals surface area (Å²) in [4.78, 5) is 19.2. The fraction of sp³-hybridized carbons (Fsp3) is 0. The number of nitrogens with zero attached hydrogens (tertiary/aromatic N) is 3. The number of aromatic carboxylic acids is 1. The second kappa shape index (κ2) is 4.37. The van der Waals surface area contributed by atoms with Gasteiger partial charge >= 0.3 is 5.97 Å². The number of carboxylic acids is 1. The number of para-hydroxylation sites is 1. The Morgan fingerprint density at radius 1 is 1.26 bits per heavy atom. The summed E-state index contributed by atoms with van der Waals surface area (Å²) < 4.78 is 1.69. The molecule has 3 aromatic rings. The van der Waals surface area contributed by atoms with E-state index >= 15 is 0 Å². The quantitative estimate of drug-likeness (QED) is 0.729. The molecule has 19 heavy (non-hydrogen) atoms. The summed E-state index contributed by atoms with van der Waals surface area (Å²) in [6, 6.07) is 8.90. The highest BCUT2D eigenvalue weighted by Crippen LogP contribution is 2.24. The maximum atomic E-state index is 11.3. The number of halogens is 1. The molecule has 0 fully saturated rings. The molecule has 0 radical (unpaired) electrons. The van der Waals surface area contributed by atoms with Gasteiger partial charge < -0.3 is 9.67 Å². The first-order valence-electron chi connectivity index (χ1n) is 5.49. The fourth-order valence-corrected chi connectivity index (χ4v) is 2.14. The van der Waals surface area contributed by atoms with Gasteiger partial charge in [0.05, 0.1) is 11.1 Å². The minimum atomic E-state index is -0.977. The zero-order valence-corrected chi connectivity index (χ0v) is 10.4. The van der Waals surface area contributed by atoms with E-state index in [9.17, 15) is 9.90 Å². The van der Waals surface area contributed by atoms with Crippen molar-refractivity contribution in [3.05, 3.63) is 53.6 Å². The van der Waals surface area contributed by atoms with E-state index in [1.807, 2.05) is 12.1 Å². The van der Waals surface area contributed by atoms with Crippen LogP contribution in [0.1, 0.15) is 10.4 Å². The Labute approximate surface area is 113 Å². The van der Waals surface area contributed by atoms with Crippen molar-refractivity contribution < 1.29 is 9.90 Å². The molecule has 1 N–H and O–H groups in total. The lowest BCUT2D eigenvalue weighted by Gasteiger charge is -2.03.